The highest BCUT2D eigenvalue weighted by atomic mass is 16.2. The molecule has 126 valence electrons. The number of rotatable bonds is 4. The molecule has 2 aromatic heterocycles. The summed E-state index contributed by atoms with van der Waals surface area (Å²) in [5, 5.41) is 8.83. The van der Waals surface area contributed by atoms with Crippen molar-refractivity contribution >= 4 is 27.7 Å². The van der Waals surface area contributed by atoms with Crippen molar-refractivity contribution < 1.29 is 4.79 Å². The monoisotopic (exact) mass is 326 g/mol. The lowest BCUT2D eigenvalue weighted by Crippen LogP contribution is -2.37. The van der Waals surface area contributed by atoms with Crippen LogP contribution in [0.2, 0.25) is 0 Å². The number of carbonyl (C=O) groups is 1. The maximum absolute atomic E-state index is 12.7. The number of hydrogen-bond acceptors (Lipinski definition) is 3. The van der Waals surface area contributed by atoms with E-state index in [2.05, 4.69) is 10.4 Å². The minimum atomic E-state index is -0.489. The number of hydrogen-bond donors (Lipinski definition) is 1. The van der Waals surface area contributed by atoms with Gasteiger partial charge in [0.25, 0.3) is 5.56 Å². The summed E-state index contributed by atoms with van der Waals surface area (Å²) in [6, 6.07) is 7.33. The van der Waals surface area contributed by atoms with Crippen LogP contribution < -0.4 is 10.9 Å². The lowest BCUT2D eigenvalue weighted by Gasteiger charge is -2.19. The van der Waals surface area contributed by atoms with Crippen molar-refractivity contribution in [1.82, 2.24) is 19.7 Å². The van der Waals surface area contributed by atoms with Gasteiger partial charge in [-0.15, -0.1) is 0 Å². The first-order valence-electron chi connectivity index (χ1n) is 8.21. The van der Waals surface area contributed by atoms with E-state index in [-0.39, 0.29) is 17.5 Å². The first-order valence-corrected chi connectivity index (χ1v) is 8.21. The van der Waals surface area contributed by atoms with Crippen LogP contribution in [0.3, 0.4) is 0 Å². The largest absolute Gasteiger partial charge is 0.352 e. The smallest absolute Gasteiger partial charge is 0.291 e. The zero-order valence-electron chi connectivity index (χ0n) is 14.4. The quantitative estimate of drug-likeness (QED) is 0.800. The standard InChI is InChI=1S/C18H22N4O2/c1-5-11(2)20-17(23)12(3)22-15-9-7-6-8-13(15)14-10-19-21(4)18(24)16(14)22/h6-12H,5H2,1-4H3,(H,20,23)/t11-,12-/m1/s1. The average Bonchev–Trinajstić information content (AvgIpc) is 2.92. The van der Waals surface area contributed by atoms with Crippen LogP contribution in [0.5, 0.6) is 0 Å². The highest BCUT2D eigenvalue weighted by Crippen LogP contribution is 2.29. The molecule has 0 spiro atoms. The molecule has 1 amide bonds. The Bertz CT molecular complexity index is 970. The number of carbonyl (C=O) groups excluding carboxylic acids is 1. The molecule has 1 aromatic carbocycles. The number of benzene rings is 1. The number of fused-ring (bicyclic) bond motifs is 3. The normalized spacial score (nSPS) is 14.0. The third-order valence-electron chi connectivity index (χ3n) is 4.57. The van der Waals surface area contributed by atoms with Gasteiger partial charge in [-0.1, -0.05) is 25.1 Å². The van der Waals surface area contributed by atoms with E-state index in [1.165, 1.54) is 4.68 Å². The Kier molecular flexibility index (Phi) is 4.13. The summed E-state index contributed by atoms with van der Waals surface area (Å²) in [5.74, 6) is -0.0918. The van der Waals surface area contributed by atoms with Gasteiger partial charge in [-0.05, 0) is 26.3 Å². The van der Waals surface area contributed by atoms with Gasteiger partial charge in [0, 0.05) is 23.9 Å². The van der Waals surface area contributed by atoms with Gasteiger partial charge in [0.05, 0.1) is 11.7 Å². The molecule has 0 saturated heterocycles. The SMILES string of the molecule is CC[C@@H](C)NC(=O)[C@@H](C)n1c2ccccc2c2cnn(C)c(=O)c21. The van der Waals surface area contributed by atoms with Crippen molar-refractivity contribution in [2.75, 3.05) is 0 Å². The van der Waals surface area contributed by atoms with Crippen LogP contribution in [0, 0.1) is 0 Å². The predicted molar refractivity (Wildman–Crippen MR) is 95.1 cm³/mol. The maximum Gasteiger partial charge on any atom is 0.291 e. The van der Waals surface area contributed by atoms with Crippen molar-refractivity contribution in [3.63, 3.8) is 0 Å². The molecule has 2 atom stereocenters. The predicted octanol–water partition coefficient (Wildman–Crippen LogP) is 2.36. The number of nitrogens with zero attached hydrogens (tertiary/aromatic N) is 3. The summed E-state index contributed by atoms with van der Waals surface area (Å²) in [5.41, 5.74) is 1.18. The Morgan fingerprint density at radius 3 is 2.67 bits per heavy atom. The van der Waals surface area contributed by atoms with E-state index in [0.717, 1.165) is 22.7 Å². The summed E-state index contributed by atoms with van der Waals surface area (Å²) in [6.45, 7) is 5.82. The van der Waals surface area contributed by atoms with Crippen LogP contribution in [-0.4, -0.2) is 26.3 Å². The number of aryl methyl sites for hydroxylation is 1. The second-order valence-electron chi connectivity index (χ2n) is 6.22. The van der Waals surface area contributed by atoms with Crippen molar-refractivity contribution in [3.05, 3.63) is 40.8 Å². The molecule has 0 radical (unpaired) electrons. The third kappa shape index (κ3) is 2.48. The molecule has 0 saturated carbocycles. The van der Waals surface area contributed by atoms with Crippen LogP contribution in [-0.2, 0) is 11.8 Å². The fourth-order valence-electron chi connectivity index (χ4n) is 2.97. The summed E-state index contributed by atoms with van der Waals surface area (Å²) in [4.78, 5) is 25.3. The van der Waals surface area contributed by atoms with E-state index < -0.39 is 6.04 Å². The fraction of sp³-hybridized carbons (Fsp3) is 0.389. The lowest BCUT2D eigenvalue weighted by molar-refractivity contribution is -0.124. The molecule has 2 heterocycles. The zero-order chi connectivity index (χ0) is 17.4. The van der Waals surface area contributed by atoms with Crippen LogP contribution in [0.25, 0.3) is 21.8 Å². The molecule has 0 bridgehead atoms. The van der Waals surface area contributed by atoms with Crippen LogP contribution in [0.4, 0.5) is 0 Å². The van der Waals surface area contributed by atoms with Gasteiger partial charge in [-0.25, -0.2) is 4.68 Å². The fourth-order valence-corrected chi connectivity index (χ4v) is 2.97. The average molecular weight is 326 g/mol. The van der Waals surface area contributed by atoms with Crippen molar-refractivity contribution in [3.8, 4) is 0 Å². The third-order valence-corrected chi connectivity index (χ3v) is 4.57. The van der Waals surface area contributed by atoms with Gasteiger partial charge in [-0.3, -0.25) is 9.59 Å². The van der Waals surface area contributed by atoms with E-state index in [9.17, 15) is 9.59 Å². The minimum absolute atomic E-state index is 0.0918. The molecule has 0 aliphatic rings. The van der Waals surface area contributed by atoms with Gasteiger partial charge < -0.3 is 9.88 Å². The maximum atomic E-state index is 12.7. The van der Waals surface area contributed by atoms with Crippen molar-refractivity contribution in [1.29, 1.82) is 0 Å². The van der Waals surface area contributed by atoms with E-state index in [0.29, 0.717) is 5.52 Å². The Balaban J connectivity index is 2.27. The molecule has 6 heteroatoms. The number of nitrogens with one attached hydrogen (secondary N) is 1. The number of para-hydroxylation sites is 1. The number of aromatic nitrogens is 3. The molecule has 0 aliphatic carbocycles. The summed E-state index contributed by atoms with van der Waals surface area (Å²) >= 11 is 0. The molecular formula is C18H22N4O2. The van der Waals surface area contributed by atoms with Gasteiger partial charge in [0.15, 0.2) is 0 Å². The molecule has 0 unspecified atom stereocenters. The van der Waals surface area contributed by atoms with Crippen LogP contribution in [0.1, 0.15) is 33.2 Å². The molecule has 6 nitrogen and oxygen atoms in total. The van der Waals surface area contributed by atoms with Gasteiger partial charge in [0.1, 0.15) is 11.6 Å². The first-order chi connectivity index (χ1) is 11.5. The van der Waals surface area contributed by atoms with Gasteiger partial charge in [-0.2, -0.15) is 5.10 Å². The highest BCUT2D eigenvalue weighted by molar-refractivity contribution is 6.08. The number of amides is 1. The van der Waals surface area contributed by atoms with E-state index in [4.69, 9.17) is 0 Å². The van der Waals surface area contributed by atoms with E-state index >= 15 is 0 Å². The summed E-state index contributed by atoms with van der Waals surface area (Å²) in [6.07, 6.45) is 2.55. The zero-order valence-corrected chi connectivity index (χ0v) is 14.4. The second kappa shape index (κ2) is 6.11. The van der Waals surface area contributed by atoms with Gasteiger partial charge >= 0.3 is 0 Å². The topological polar surface area (TPSA) is 68.9 Å². The first kappa shape index (κ1) is 16.2. The Hall–Kier alpha value is -2.63. The Morgan fingerprint density at radius 1 is 1.25 bits per heavy atom. The van der Waals surface area contributed by atoms with Gasteiger partial charge in [0.2, 0.25) is 5.91 Å². The van der Waals surface area contributed by atoms with E-state index in [1.54, 1.807) is 13.2 Å². The Morgan fingerprint density at radius 2 is 1.96 bits per heavy atom. The molecule has 3 aromatic rings. The lowest BCUT2D eigenvalue weighted by atomic mass is 10.2. The summed E-state index contributed by atoms with van der Waals surface area (Å²) in [7, 11) is 1.62. The van der Waals surface area contributed by atoms with Crippen molar-refractivity contribution in [2.24, 2.45) is 7.05 Å². The molecular weight excluding hydrogens is 304 g/mol. The molecule has 0 aliphatic heterocycles. The minimum Gasteiger partial charge on any atom is -0.352 e. The van der Waals surface area contributed by atoms with Crippen molar-refractivity contribution in [2.45, 2.75) is 39.3 Å². The van der Waals surface area contributed by atoms with Crippen LogP contribution in [0.15, 0.2) is 35.3 Å². The highest BCUT2D eigenvalue weighted by Gasteiger charge is 2.23. The molecule has 0 fully saturated rings. The molecule has 24 heavy (non-hydrogen) atoms. The molecule has 3 rings (SSSR count). The summed E-state index contributed by atoms with van der Waals surface area (Å²) < 4.78 is 3.13. The Labute approximate surface area is 140 Å². The van der Waals surface area contributed by atoms with Crippen LogP contribution >= 0.6 is 0 Å². The second-order valence-corrected chi connectivity index (χ2v) is 6.22. The molecule has 1 N–H and O–H groups in total. The van der Waals surface area contributed by atoms with E-state index in [1.807, 2.05) is 49.6 Å².